The van der Waals surface area contributed by atoms with Gasteiger partial charge in [0, 0.05) is 12.6 Å². The van der Waals surface area contributed by atoms with Crippen LogP contribution in [0.2, 0.25) is 5.02 Å². The zero-order valence-electron chi connectivity index (χ0n) is 14.3. The molecular formula is C19H22Cl2N2O2S. The van der Waals surface area contributed by atoms with Crippen LogP contribution in [0, 0.1) is 0 Å². The van der Waals surface area contributed by atoms with Crippen molar-refractivity contribution in [3.05, 3.63) is 53.1 Å². The van der Waals surface area contributed by atoms with E-state index in [0.717, 1.165) is 50.1 Å². The monoisotopic (exact) mass is 412 g/mol. The van der Waals surface area contributed by atoms with Crippen LogP contribution < -0.4 is 10.2 Å². The molecule has 1 fully saturated rings. The van der Waals surface area contributed by atoms with Gasteiger partial charge in [-0.3, -0.25) is 0 Å². The van der Waals surface area contributed by atoms with Crippen LogP contribution >= 0.6 is 24.0 Å². The second-order valence-corrected chi connectivity index (χ2v) is 9.01. The summed E-state index contributed by atoms with van der Waals surface area (Å²) >= 11 is 6.56. The smallest absolute Gasteiger partial charge is 0.206 e. The molecule has 2 aliphatic heterocycles. The largest absolute Gasteiger partial charge is 0.367 e. The Labute approximate surface area is 165 Å². The first-order valence-electron chi connectivity index (χ1n) is 8.67. The molecule has 1 N–H and O–H groups in total. The number of nitrogens with one attached hydrogen (secondary N) is 1. The molecule has 26 heavy (non-hydrogen) atoms. The third-order valence-corrected chi connectivity index (χ3v) is 7.18. The maximum absolute atomic E-state index is 12.9. The molecule has 2 heterocycles. The minimum Gasteiger partial charge on any atom is -0.367 e. The Morgan fingerprint density at radius 2 is 1.73 bits per heavy atom. The molecule has 2 aliphatic rings. The van der Waals surface area contributed by atoms with Crippen molar-refractivity contribution >= 4 is 39.5 Å². The highest BCUT2D eigenvalue weighted by Gasteiger charge is 2.31. The molecule has 0 amide bonds. The Morgan fingerprint density at radius 3 is 2.42 bits per heavy atom. The lowest BCUT2D eigenvalue weighted by atomic mass is 10.0. The zero-order chi connectivity index (χ0) is 17.4. The predicted octanol–water partition coefficient (Wildman–Crippen LogP) is 3.71. The lowest BCUT2D eigenvalue weighted by Gasteiger charge is -2.34. The third-order valence-electron chi connectivity index (χ3n) is 5.14. The van der Waals surface area contributed by atoms with Gasteiger partial charge in [0.1, 0.15) is 0 Å². The molecule has 0 bridgehead atoms. The highest BCUT2D eigenvalue weighted by Crippen LogP contribution is 2.40. The van der Waals surface area contributed by atoms with Gasteiger partial charge in [0.15, 0.2) is 0 Å². The van der Waals surface area contributed by atoms with Gasteiger partial charge in [-0.1, -0.05) is 29.8 Å². The normalized spacial score (nSPS) is 17.7. The molecule has 2 aromatic carbocycles. The number of hydrogen-bond donors (Lipinski definition) is 1. The summed E-state index contributed by atoms with van der Waals surface area (Å²) in [5.41, 5.74) is 2.07. The van der Waals surface area contributed by atoms with E-state index in [1.807, 2.05) is 12.1 Å². The van der Waals surface area contributed by atoms with E-state index in [9.17, 15) is 8.42 Å². The molecule has 4 rings (SSSR count). The van der Waals surface area contributed by atoms with Crippen LogP contribution in [0.5, 0.6) is 0 Å². The highest BCUT2D eigenvalue weighted by molar-refractivity contribution is 7.91. The van der Waals surface area contributed by atoms with Gasteiger partial charge in [-0.15, -0.1) is 12.4 Å². The number of rotatable bonds is 3. The van der Waals surface area contributed by atoms with Crippen LogP contribution in [-0.4, -0.2) is 34.1 Å². The molecule has 0 aromatic heterocycles. The van der Waals surface area contributed by atoms with Crippen molar-refractivity contribution in [1.29, 1.82) is 0 Å². The van der Waals surface area contributed by atoms with E-state index >= 15 is 0 Å². The van der Waals surface area contributed by atoms with E-state index in [-0.39, 0.29) is 17.3 Å². The average molecular weight is 413 g/mol. The fraction of sp³-hybridized carbons (Fsp3) is 0.368. The number of benzene rings is 2. The van der Waals surface area contributed by atoms with Gasteiger partial charge in [-0.05, 0) is 62.2 Å². The van der Waals surface area contributed by atoms with Crippen molar-refractivity contribution in [2.75, 3.05) is 24.5 Å². The minimum absolute atomic E-state index is 0. The summed E-state index contributed by atoms with van der Waals surface area (Å²) in [5.74, 6) is 0. The lowest BCUT2D eigenvalue weighted by molar-refractivity contribution is 0.435. The van der Waals surface area contributed by atoms with Crippen LogP contribution in [0.15, 0.2) is 52.3 Å². The summed E-state index contributed by atoms with van der Waals surface area (Å²) in [6.45, 7) is 2.96. The van der Waals surface area contributed by atoms with Gasteiger partial charge in [-0.2, -0.15) is 0 Å². The quantitative estimate of drug-likeness (QED) is 0.834. The summed E-state index contributed by atoms with van der Waals surface area (Å²) in [6, 6.07) is 12.4. The summed E-state index contributed by atoms with van der Waals surface area (Å²) in [7, 11) is -3.54. The summed E-state index contributed by atoms with van der Waals surface area (Å²) in [4.78, 5) is 2.96. The number of fused-ring (bicyclic) bond motifs is 1. The number of hydrogen-bond acceptors (Lipinski definition) is 4. The molecule has 1 saturated heterocycles. The Balaban J connectivity index is 0.00000196. The Hall–Kier alpha value is -1.27. The van der Waals surface area contributed by atoms with E-state index in [2.05, 4.69) is 10.2 Å². The van der Waals surface area contributed by atoms with E-state index in [4.69, 9.17) is 11.6 Å². The van der Waals surface area contributed by atoms with Crippen molar-refractivity contribution in [2.45, 2.75) is 35.1 Å². The van der Waals surface area contributed by atoms with Crippen LogP contribution in [0.3, 0.4) is 0 Å². The first-order chi connectivity index (χ1) is 12.1. The Kier molecular flexibility index (Phi) is 5.82. The first-order valence-corrected chi connectivity index (χ1v) is 10.5. The van der Waals surface area contributed by atoms with Crippen molar-refractivity contribution in [1.82, 2.24) is 5.32 Å². The Morgan fingerprint density at radius 1 is 1.04 bits per heavy atom. The summed E-state index contributed by atoms with van der Waals surface area (Å²) < 4.78 is 25.8. The van der Waals surface area contributed by atoms with E-state index in [1.54, 1.807) is 30.3 Å². The summed E-state index contributed by atoms with van der Waals surface area (Å²) in [5, 5.41) is 3.93. The fourth-order valence-corrected chi connectivity index (χ4v) is 5.64. The molecule has 2 aromatic rings. The topological polar surface area (TPSA) is 49.4 Å². The van der Waals surface area contributed by atoms with E-state index in [1.165, 1.54) is 0 Å². The average Bonchev–Trinajstić information content (AvgIpc) is 3.08. The van der Waals surface area contributed by atoms with Crippen LogP contribution in [0.25, 0.3) is 0 Å². The molecule has 7 heteroatoms. The van der Waals surface area contributed by atoms with Crippen molar-refractivity contribution < 1.29 is 8.42 Å². The van der Waals surface area contributed by atoms with Gasteiger partial charge >= 0.3 is 0 Å². The summed E-state index contributed by atoms with van der Waals surface area (Å²) in [6.07, 6.45) is 3.04. The zero-order valence-corrected chi connectivity index (χ0v) is 16.7. The van der Waals surface area contributed by atoms with Gasteiger partial charge in [0.05, 0.1) is 20.5 Å². The number of piperidine rings is 1. The van der Waals surface area contributed by atoms with E-state index < -0.39 is 9.84 Å². The number of nitrogens with zero attached hydrogens (tertiary/aromatic N) is 1. The molecule has 0 radical (unpaired) electrons. The van der Waals surface area contributed by atoms with E-state index in [0.29, 0.717) is 16.0 Å². The molecule has 0 spiro atoms. The second kappa shape index (κ2) is 7.77. The second-order valence-electron chi connectivity index (χ2n) is 6.65. The maximum Gasteiger partial charge on any atom is 0.206 e. The van der Waals surface area contributed by atoms with Crippen LogP contribution in [0.4, 0.5) is 5.69 Å². The van der Waals surface area contributed by atoms with Gasteiger partial charge in [0.2, 0.25) is 9.84 Å². The molecule has 0 saturated carbocycles. The van der Waals surface area contributed by atoms with Gasteiger partial charge in [-0.25, -0.2) is 8.42 Å². The van der Waals surface area contributed by atoms with Gasteiger partial charge < -0.3 is 10.2 Å². The standard InChI is InChI=1S/C19H21ClN2O2S.ClH/c20-18-13-17(25(23,24)16-4-2-1-3-5-16)12-14-8-11-22(19(14)18)15-6-9-21-10-7-15;/h1-5,12-13,15,21H,6-11H2;1H. The fourth-order valence-electron chi connectivity index (χ4n) is 3.87. The lowest BCUT2D eigenvalue weighted by Crippen LogP contribution is -2.42. The molecular weight excluding hydrogens is 391 g/mol. The van der Waals surface area contributed by atoms with Crippen LogP contribution in [-0.2, 0) is 16.3 Å². The molecule has 0 atom stereocenters. The molecule has 4 nitrogen and oxygen atoms in total. The Bertz CT molecular complexity index is 882. The molecule has 0 unspecified atom stereocenters. The molecule has 140 valence electrons. The van der Waals surface area contributed by atoms with Crippen molar-refractivity contribution in [3.63, 3.8) is 0 Å². The number of halogens is 2. The number of anilines is 1. The van der Waals surface area contributed by atoms with Gasteiger partial charge in [0.25, 0.3) is 0 Å². The SMILES string of the molecule is Cl.O=S(=O)(c1ccccc1)c1cc(Cl)c2c(c1)CCN2C1CCNCC1. The van der Waals surface area contributed by atoms with Crippen molar-refractivity contribution in [3.8, 4) is 0 Å². The maximum atomic E-state index is 12.9. The van der Waals surface area contributed by atoms with Crippen molar-refractivity contribution in [2.24, 2.45) is 0 Å². The van der Waals surface area contributed by atoms with Crippen LogP contribution in [0.1, 0.15) is 18.4 Å². The predicted molar refractivity (Wildman–Crippen MR) is 108 cm³/mol. The number of sulfone groups is 1. The first kappa shape index (κ1) is 19.5. The third kappa shape index (κ3) is 3.46. The molecule has 0 aliphatic carbocycles. The highest BCUT2D eigenvalue weighted by atomic mass is 35.5. The minimum atomic E-state index is -3.54.